The van der Waals surface area contributed by atoms with E-state index in [0.717, 1.165) is 5.56 Å². The maximum Gasteiger partial charge on any atom is 0.326 e. The van der Waals surface area contributed by atoms with Gasteiger partial charge in [0.25, 0.3) is 5.91 Å². The first-order chi connectivity index (χ1) is 11.3. The molecule has 1 atom stereocenters. The van der Waals surface area contributed by atoms with Gasteiger partial charge in [0, 0.05) is 12.7 Å². The van der Waals surface area contributed by atoms with Gasteiger partial charge in [-0.25, -0.2) is 9.18 Å². The van der Waals surface area contributed by atoms with Gasteiger partial charge in [-0.2, -0.15) is 5.26 Å². The van der Waals surface area contributed by atoms with Crippen molar-refractivity contribution in [2.75, 3.05) is 0 Å². The molecule has 1 rings (SSSR count). The van der Waals surface area contributed by atoms with Crippen molar-refractivity contribution in [2.45, 2.75) is 32.9 Å². The molecule has 0 bridgehead atoms. The van der Waals surface area contributed by atoms with Crippen LogP contribution in [0.3, 0.4) is 0 Å². The van der Waals surface area contributed by atoms with Crippen LogP contribution < -0.4 is 10.6 Å². The van der Waals surface area contributed by atoms with E-state index in [1.807, 2.05) is 13.8 Å². The molecule has 0 heterocycles. The fourth-order valence-corrected chi connectivity index (χ4v) is 1.95. The Morgan fingerprint density at radius 2 is 1.96 bits per heavy atom. The highest BCUT2D eigenvalue weighted by Gasteiger charge is 2.22. The van der Waals surface area contributed by atoms with Gasteiger partial charge in [-0.15, -0.1) is 0 Å². The topological polar surface area (TPSA) is 102 Å². The average Bonchev–Trinajstić information content (AvgIpc) is 2.52. The number of benzene rings is 1. The molecule has 3 N–H and O–H groups in total. The van der Waals surface area contributed by atoms with Crippen molar-refractivity contribution in [3.8, 4) is 6.07 Å². The molecule has 128 valence electrons. The van der Waals surface area contributed by atoms with Crippen LogP contribution in [0.2, 0.25) is 0 Å². The highest BCUT2D eigenvalue weighted by molar-refractivity contribution is 5.99. The van der Waals surface area contributed by atoms with Crippen molar-refractivity contribution in [2.24, 2.45) is 5.92 Å². The molecule has 1 aromatic rings. The number of carboxylic acids is 1. The third kappa shape index (κ3) is 6.48. The molecule has 0 spiro atoms. The standard InChI is InChI=1S/C17H20FN3O3/c1-11(2)7-15(17(23)24)21-16(22)13(8-19)10-20-9-12-3-5-14(18)6-4-12/h3-6,10-11,15,20H,7,9H2,1-2H3,(H,21,22)(H,23,24)/b13-10-. The quantitative estimate of drug-likeness (QED) is 0.498. The van der Waals surface area contributed by atoms with E-state index < -0.39 is 17.9 Å². The van der Waals surface area contributed by atoms with Crippen molar-refractivity contribution >= 4 is 11.9 Å². The summed E-state index contributed by atoms with van der Waals surface area (Å²) in [6, 6.07) is 6.44. The fourth-order valence-electron chi connectivity index (χ4n) is 1.95. The van der Waals surface area contributed by atoms with E-state index in [2.05, 4.69) is 10.6 Å². The van der Waals surface area contributed by atoms with E-state index in [4.69, 9.17) is 10.4 Å². The second-order valence-corrected chi connectivity index (χ2v) is 5.67. The molecule has 6 nitrogen and oxygen atoms in total. The summed E-state index contributed by atoms with van der Waals surface area (Å²) in [6.07, 6.45) is 1.48. The van der Waals surface area contributed by atoms with Crippen LogP contribution in [0.25, 0.3) is 0 Å². The summed E-state index contributed by atoms with van der Waals surface area (Å²) in [5.74, 6) is -2.17. The van der Waals surface area contributed by atoms with Gasteiger partial charge >= 0.3 is 5.97 Å². The van der Waals surface area contributed by atoms with Crippen LogP contribution >= 0.6 is 0 Å². The molecule has 0 saturated carbocycles. The Kier molecular flexibility index (Phi) is 7.43. The molecule has 7 heteroatoms. The highest BCUT2D eigenvalue weighted by Crippen LogP contribution is 2.06. The van der Waals surface area contributed by atoms with Gasteiger partial charge in [-0.3, -0.25) is 4.79 Å². The lowest BCUT2D eigenvalue weighted by molar-refractivity contribution is -0.141. The molecule has 1 amide bonds. The number of nitrogens with one attached hydrogen (secondary N) is 2. The van der Waals surface area contributed by atoms with Gasteiger partial charge in [-0.1, -0.05) is 26.0 Å². The fraction of sp³-hybridized carbons (Fsp3) is 0.353. The number of halogens is 1. The number of aliphatic carboxylic acids is 1. The number of hydrogen-bond acceptors (Lipinski definition) is 4. The Hall–Kier alpha value is -2.88. The number of carboxylic acid groups (broad SMARTS) is 1. The van der Waals surface area contributed by atoms with Crippen molar-refractivity contribution in [1.29, 1.82) is 5.26 Å². The smallest absolute Gasteiger partial charge is 0.326 e. The number of rotatable bonds is 8. The zero-order valence-corrected chi connectivity index (χ0v) is 13.5. The molecule has 1 unspecified atom stereocenters. The zero-order chi connectivity index (χ0) is 18.1. The predicted molar refractivity (Wildman–Crippen MR) is 86.0 cm³/mol. The summed E-state index contributed by atoms with van der Waals surface area (Å²) in [5, 5.41) is 23.3. The Morgan fingerprint density at radius 1 is 1.33 bits per heavy atom. The summed E-state index contributed by atoms with van der Waals surface area (Å²) in [4.78, 5) is 23.1. The molecule has 1 aromatic carbocycles. The average molecular weight is 333 g/mol. The number of hydrogen-bond donors (Lipinski definition) is 3. The van der Waals surface area contributed by atoms with Gasteiger partial charge in [-0.05, 0) is 30.0 Å². The van der Waals surface area contributed by atoms with E-state index >= 15 is 0 Å². The van der Waals surface area contributed by atoms with E-state index in [-0.39, 0.29) is 23.7 Å². The Labute approximate surface area is 140 Å². The molecule has 24 heavy (non-hydrogen) atoms. The highest BCUT2D eigenvalue weighted by atomic mass is 19.1. The van der Waals surface area contributed by atoms with Crippen LogP contribution in [-0.4, -0.2) is 23.0 Å². The Morgan fingerprint density at radius 3 is 2.46 bits per heavy atom. The maximum absolute atomic E-state index is 12.8. The van der Waals surface area contributed by atoms with Crippen LogP contribution in [0.15, 0.2) is 36.0 Å². The van der Waals surface area contributed by atoms with Gasteiger partial charge in [0.2, 0.25) is 0 Å². The van der Waals surface area contributed by atoms with Crippen LogP contribution in [0.5, 0.6) is 0 Å². The minimum Gasteiger partial charge on any atom is -0.480 e. The molecule has 0 saturated heterocycles. The molecule has 0 aromatic heterocycles. The molecule has 0 aliphatic rings. The van der Waals surface area contributed by atoms with Crippen LogP contribution in [-0.2, 0) is 16.1 Å². The number of carbonyl (C=O) groups is 2. The Balaban J connectivity index is 2.66. The summed E-state index contributed by atoms with van der Waals surface area (Å²) in [5.41, 5.74) is 0.542. The molecule has 0 aliphatic carbocycles. The van der Waals surface area contributed by atoms with Crippen molar-refractivity contribution < 1.29 is 19.1 Å². The van der Waals surface area contributed by atoms with Gasteiger partial charge < -0.3 is 15.7 Å². The lowest BCUT2D eigenvalue weighted by atomic mass is 10.0. The van der Waals surface area contributed by atoms with Gasteiger partial charge in [0.05, 0.1) is 0 Å². The molecular weight excluding hydrogens is 313 g/mol. The van der Waals surface area contributed by atoms with Crippen LogP contribution in [0.1, 0.15) is 25.8 Å². The minimum absolute atomic E-state index is 0.0810. The van der Waals surface area contributed by atoms with E-state index in [9.17, 15) is 14.0 Å². The van der Waals surface area contributed by atoms with Gasteiger partial charge in [0.1, 0.15) is 23.5 Å². The number of nitriles is 1. The monoisotopic (exact) mass is 333 g/mol. The number of carbonyl (C=O) groups excluding carboxylic acids is 1. The van der Waals surface area contributed by atoms with E-state index in [1.54, 1.807) is 18.2 Å². The van der Waals surface area contributed by atoms with Gasteiger partial charge in [0.15, 0.2) is 0 Å². The summed E-state index contributed by atoms with van der Waals surface area (Å²) in [6.45, 7) is 3.98. The van der Waals surface area contributed by atoms with Crippen molar-refractivity contribution in [3.63, 3.8) is 0 Å². The normalized spacial score (nSPS) is 12.4. The first-order valence-electron chi connectivity index (χ1n) is 7.45. The second-order valence-electron chi connectivity index (χ2n) is 5.67. The lowest BCUT2D eigenvalue weighted by Gasteiger charge is -2.16. The third-order valence-corrected chi connectivity index (χ3v) is 3.14. The number of amides is 1. The van der Waals surface area contributed by atoms with Crippen LogP contribution in [0, 0.1) is 23.1 Å². The second kappa shape index (κ2) is 9.30. The summed E-state index contributed by atoms with van der Waals surface area (Å²) < 4.78 is 12.8. The van der Waals surface area contributed by atoms with Crippen molar-refractivity contribution in [1.82, 2.24) is 10.6 Å². The SMILES string of the molecule is CC(C)CC(NC(=O)/C(C#N)=C\NCc1ccc(F)cc1)C(=O)O. The first-order valence-corrected chi connectivity index (χ1v) is 7.45. The number of nitrogens with zero attached hydrogens (tertiary/aromatic N) is 1. The van der Waals surface area contributed by atoms with E-state index in [0.29, 0.717) is 6.54 Å². The van der Waals surface area contributed by atoms with Crippen LogP contribution in [0.4, 0.5) is 4.39 Å². The Bertz CT molecular complexity index is 648. The molecule has 0 radical (unpaired) electrons. The molecule has 0 aliphatic heterocycles. The third-order valence-electron chi connectivity index (χ3n) is 3.14. The summed E-state index contributed by atoms with van der Waals surface area (Å²) in [7, 11) is 0. The van der Waals surface area contributed by atoms with Crippen molar-refractivity contribution in [3.05, 3.63) is 47.4 Å². The maximum atomic E-state index is 12.8. The zero-order valence-electron chi connectivity index (χ0n) is 13.5. The minimum atomic E-state index is -1.14. The molecular formula is C17H20FN3O3. The predicted octanol–water partition coefficient (Wildman–Crippen LogP) is 1.94. The first kappa shape index (κ1) is 19.2. The largest absolute Gasteiger partial charge is 0.480 e. The van der Waals surface area contributed by atoms with E-state index in [1.165, 1.54) is 18.3 Å². The lowest BCUT2D eigenvalue weighted by Crippen LogP contribution is -2.42. The molecule has 0 fully saturated rings. The summed E-state index contributed by atoms with van der Waals surface area (Å²) >= 11 is 0.